The lowest BCUT2D eigenvalue weighted by molar-refractivity contribution is -0.137. The maximum atomic E-state index is 11.7. The lowest BCUT2D eigenvalue weighted by Crippen LogP contribution is -2.32. The van der Waals surface area contributed by atoms with E-state index in [4.69, 9.17) is 11.6 Å². The molecule has 0 saturated heterocycles. The van der Waals surface area contributed by atoms with Crippen molar-refractivity contribution >= 4 is 40.3 Å². The third kappa shape index (κ3) is 4.07. The number of halogens is 1. The van der Waals surface area contributed by atoms with E-state index in [0.29, 0.717) is 21.5 Å². The van der Waals surface area contributed by atoms with Crippen molar-refractivity contribution in [3.63, 3.8) is 0 Å². The van der Waals surface area contributed by atoms with Crippen LogP contribution >= 0.6 is 11.6 Å². The molecule has 144 valence electrons. The lowest BCUT2D eigenvalue weighted by atomic mass is 10.0. The van der Waals surface area contributed by atoms with Gasteiger partial charge in [0.25, 0.3) is 0 Å². The molecule has 0 aliphatic rings. The highest BCUT2D eigenvalue weighted by molar-refractivity contribution is 6.31. The van der Waals surface area contributed by atoms with Crippen LogP contribution in [0.1, 0.15) is 15.9 Å². The van der Waals surface area contributed by atoms with Gasteiger partial charge in [-0.3, -0.25) is 0 Å². The third-order valence-corrected chi connectivity index (χ3v) is 4.33. The summed E-state index contributed by atoms with van der Waals surface area (Å²) in [6.45, 7) is 0. The first-order chi connectivity index (χ1) is 13.2. The van der Waals surface area contributed by atoms with Crippen LogP contribution in [0.25, 0.3) is 10.9 Å². The number of rotatable bonds is 6. The van der Waals surface area contributed by atoms with Crippen molar-refractivity contribution in [3.8, 4) is 11.5 Å². The van der Waals surface area contributed by atoms with Crippen LogP contribution in [-0.2, 0) is 11.2 Å². The van der Waals surface area contributed by atoms with E-state index >= 15 is 0 Å². The number of anilines is 1. The number of aromatic carboxylic acids is 1. The molecule has 0 fully saturated rings. The van der Waals surface area contributed by atoms with Crippen LogP contribution in [0, 0.1) is 0 Å². The van der Waals surface area contributed by atoms with E-state index in [-0.39, 0.29) is 29.3 Å². The van der Waals surface area contributed by atoms with Gasteiger partial charge in [-0.15, -0.1) is 0 Å². The zero-order valence-electron chi connectivity index (χ0n) is 14.3. The van der Waals surface area contributed by atoms with Gasteiger partial charge in [0, 0.05) is 16.8 Å². The van der Waals surface area contributed by atoms with Crippen LogP contribution in [0.5, 0.6) is 11.5 Å². The number of aromatic hydroxyl groups is 2. The Kier molecular flexibility index (Phi) is 5.23. The van der Waals surface area contributed by atoms with Gasteiger partial charge in [-0.05, 0) is 42.0 Å². The fraction of sp³-hybridized carbons (Fsp3) is 0.105. The number of carboxylic acids is 2. The van der Waals surface area contributed by atoms with Crippen LogP contribution in [0.15, 0.2) is 42.5 Å². The summed E-state index contributed by atoms with van der Waals surface area (Å²) in [5.74, 6) is -3.32. The molecule has 3 rings (SSSR count). The van der Waals surface area contributed by atoms with E-state index in [2.05, 4.69) is 10.3 Å². The first-order valence-electron chi connectivity index (χ1n) is 8.08. The number of aliphatic carboxylic acids is 1. The summed E-state index contributed by atoms with van der Waals surface area (Å²) in [6, 6.07) is 8.83. The van der Waals surface area contributed by atoms with Crippen molar-refractivity contribution in [2.24, 2.45) is 0 Å². The maximum Gasteiger partial charge on any atom is 0.339 e. The fourth-order valence-corrected chi connectivity index (χ4v) is 2.90. The minimum atomic E-state index is -1.27. The Balaban J connectivity index is 1.98. The summed E-state index contributed by atoms with van der Waals surface area (Å²) in [4.78, 5) is 27.5. The molecule has 1 heterocycles. The molecule has 0 aliphatic heterocycles. The minimum absolute atomic E-state index is 0.0808. The van der Waals surface area contributed by atoms with Gasteiger partial charge in [0.2, 0.25) is 0 Å². The number of nitrogens with one attached hydrogen (secondary N) is 1. The molecule has 0 radical (unpaired) electrons. The zero-order valence-corrected chi connectivity index (χ0v) is 15.0. The predicted molar refractivity (Wildman–Crippen MR) is 102 cm³/mol. The van der Waals surface area contributed by atoms with E-state index in [1.807, 2.05) is 0 Å². The number of nitrogens with zero attached hydrogens (tertiary/aromatic N) is 1. The molecule has 0 aliphatic carbocycles. The second kappa shape index (κ2) is 7.61. The predicted octanol–water partition coefficient (Wildman–Crippen LogP) is 3.11. The monoisotopic (exact) mass is 402 g/mol. The van der Waals surface area contributed by atoms with Crippen molar-refractivity contribution in [1.82, 2.24) is 4.98 Å². The van der Waals surface area contributed by atoms with E-state index in [1.165, 1.54) is 24.3 Å². The van der Waals surface area contributed by atoms with E-state index in [9.17, 15) is 30.0 Å². The maximum absolute atomic E-state index is 11.7. The first-order valence-corrected chi connectivity index (χ1v) is 8.46. The second-order valence-electron chi connectivity index (χ2n) is 6.09. The lowest BCUT2D eigenvalue weighted by Gasteiger charge is -2.17. The Labute approximate surface area is 163 Å². The van der Waals surface area contributed by atoms with E-state index in [1.54, 1.807) is 18.2 Å². The number of hydrogen-bond acceptors (Lipinski definition) is 6. The van der Waals surface area contributed by atoms with Crippen molar-refractivity contribution in [2.75, 3.05) is 5.32 Å². The van der Waals surface area contributed by atoms with Crippen molar-refractivity contribution in [1.29, 1.82) is 0 Å². The fourth-order valence-electron chi connectivity index (χ4n) is 2.72. The van der Waals surface area contributed by atoms with Gasteiger partial charge in [0.15, 0.2) is 11.5 Å². The molecular weight excluding hydrogens is 388 g/mol. The minimum Gasteiger partial charge on any atom is -0.504 e. The quantitative estimate of drug-likeness (QED) is 0.396. The Morgan fingerprint density at radius 3 is 2.43 bits per heavy atom. The molecule has 9 heteroatoms. The number of pyridine rings is 1. The number of fused-ring (bicyclic) bond motifs is 1. The van der Waals surface area contributed by atoms with Crippen LogP contribution in [-0.4, -0.2) is 43.4 Å². The van der Waals surface area contributed by atoms with Gasteiger partial charge in [-0.1, -0.05) is 17.7 Å². The first kappa shape index (κ1) is 19.2. The number of aromatic nitrogens is 1. The number of hydrogen-bond donors (Lipinski definition) is 5. The molecule has 2 aromatic carbocycles. The van der Waals surface area contributed by atoms with Gasteiger partial charge in [0.05, 0.1) is 5.52 Å². The Hall–Kier alpha value is -3.52. The number of carbonyl (C=O) groups is 2. The standard InChI is InChI=1S/C19H15ClN2O6/c20-11-2-3-13-10(7-11)8-12(18(25)26)17(21-13)22-14(19(27)28)5-9-1-4-15(23)16(24)6-9/h1-4,6-8,14,23-24H,5H2,(H,21,22)(H,25,26)(H,27,28)/t14-/m0/s1. The van der Waals surface area contributed by atoms with Crippen LogP contribution < -0.4 is 5.32 Å². The van der Waals surface area contributed by atoms with Gasteiger partial charge in [0.1, 0.15) is 17.4 Å². The molecule has 0 bridgehead atoms. The molecular formula is C19H15ClN2O6. The molecule has 1 atom stereocenters. The van der Waals surface area contributed by atoms with Crippen LogP contribution in [0.3, 0.4) is 0 Å². The third-order valence-electron chi connectivity index (χ3n) is 4.10. The Bertz CT molecular complexity index is 1090. The number of carboxylic acid groups (broad SMARTS) is 2. The average Bonchev–Trinajstić information content (AvgIpc) is 2.63. The SMILES string of the molecule is O=C(O)c1cc2cc(Cl)ccc2nc1N[C@@H](Cc1ccc(O)c(O)c1)C(=O)O. The normalized spacial score (nSPS) is 11.9. The zero-order chi connectivity index (χ0) is 20.4. The van der Waals surface area contributed by atoms with E-state index < -0.39 is 18.0 Å². The van der Waals surface area contributed by atoms with Crippen molar-refractivity contribution in [2.45, 2.75) is 12.5 Å². The topological polar surface area (TPSA) is 140 Å². The molecule has 8 nitrogen and oxygen atoms in total. The van der Waals surface area contributed by atoms with Crippen LogP contribution in [0.2, 0.25) is 5.02 Å². The van der Waals surface area contributed by atoms with E-state index in [0.717, 1.165) is 0 Å². The molecule has 3 aromatic rings. The molecule has 1 aromatic heterocycles. The van der Waals surface area contributed by atoms with Gasteiger partial charge in [-0.25, -0.2) is 14.6 Å². The number of phenols is 2. The summed E-state index contributed by atoms with van der Waals surface area (Å²) in [5.41, 5.74) is 0.678. The Morgan fingerprint density at radius 2 is 1.79 bits per heavy atom. The summed E-state index contributed by atoms with van der Waals surface area (Å²) in [7, 11) is 0. The van der Waals surface area contributed by atoms with Gasteiger partial charge >= 0.3 is 11.9 Å². The second-order valence-corrected chi connectivity index (χ2v) is 6.53. The van der Waals surface area contributed by atoms with Gasteiger partial charge < -0.3 is 25.7 Å². The molecule has 5 N–H and O–H groups in total. The molecule has 28 heavy (non-hydrogen) atoms. The average molecular weight is 403 g/mol. The van der Waals surface area contributed by atoms with Crippen LogP contribution in [0.4, 0.5) is 5.82 Å². The molecule has 0 unspecified atom stereocenters. The summed E-state index contributed by atoms with van der Waals surface area (Å²) in [6.07, 6.45) is -0.0808. The number of benzene rings is 2. The largest absolute Gasteiger partial charge is 0.504 e. The van der Waals surface area contributed by atoms with Crippen molar-refractivity contribution in [3.05, 3.63) is 58.6 Å². The summed E-state index contributed by atoms with van der Waals surface area (Å²) >= 11 is 5.92. The van der Waals surface area contributed by atoms with Gasteiger partial charge in [-0.2, -0.15) is 0 Å². The summed E-state index contributed by atoms with van der Waals surface area (Å²) in [5, 5.41) is 41.5. The molecule has 0 spiro atoms. The van der Waals surface area contributed by atoms with Crippen molar-refractivity contribution < 1.29 is 30.0 Å². The highest BCUT2D eigenvalue weighted by Crippen LogP contribution is 2.27. The molecule has 0 amide bonds. The molecule has 0 saturated carbocycles. The number of phenolic OH excluding ortho intramolecular Hbond substituents is 2. The highest BCUT2D eigenvalue weighted by atomic mass is 35.5. The summed E-state index contributed by atoms with van der Waals surface area (Å²) < 4.78 is 0. The smallest absolute Gasteiger partial charge is 0.339 e. The highest BCUT2D eigenvalue weighted by Gasteiger charge is 2.23. The Morgan fingerprint density at radius 1 is 1.04 bits per heavy atom.